The van der Waals surface area contributed by atoms with Crippen LogP contribution < -0.4 is 0 Å². The molecule has 0 spiro atoms. The predicted molar refractivity (Wildman–Crippen MR) is 85.8 cm³/mol. The first kappa shape index (κ1) is 16.6. The van der Waals surface area contributed by atoms with Crippen LogP contribution in [0.15, 0.2) is 4.47 Å². The molecule has 0 amide bonds. The average Bonchev–Trinajstić information content (AvgIpc) is 2.11. The number of halogens is 1. The van der Waals surface area contributed by atoms with Gasteiger partial charge in [-0.1, -0.05) is 62.3 Å². The van der Waals surface area contributed by atoms with Crippen molar-refractivity contribution in [2.24, 2.45) is 0 Å². The lowest BCUT2D eigenvalue weighted by Gasteiger charge is -2.29. The summed E-state index contributed by atoms with van der Waals surface area (Å²) in [6.07, 6.45) is 0. The van der Waals surface area contributed by atoms with Gasteiger partial charge in [-0.15, -0.1) is 0 Å². The van der Waals surface area contributed by atoms with E-state index >= 15 is 0 Å². The molecule has 0 unspecified atom stereocenters. The highest BCUT2D eigenvalue weighted by molar-refractivity contribution is 9.10. The fourth-order valence-corrected chi connectivity index (χ4v) is 3.14. The fraction of sp³-hybridized carbons (Fsp3) is 0.750. The molecule has 0 atom stereocenters. The Hall–Kier alpha value is -0.440. The Balaban J connectivity index is 3.68. The second-order valence-corrected chi connectivity index (χ2v) is 9.10. The molecule has 0 bridgehead atoms. The standard InChI is InChI=1S/C16H27BrN2/c1-14(2,3)11-10(17)12(15(4,5)6)19-13(18-11)16(7,8)9/h1-9H3. The van der Waals surface area contributed by atoms with Crippen molar-refractivity contribution in [1.29, 1.82) is 0 Å². The first-order valence-corrected chi connectivity index (χ1v) is 7.63. The first-order chi connectivity index (χ1) is 8.24. The summed E-state index contributed by atoms with van der Waals surface area (Å²) >= 11 is 3.73. The molecule has 3 heteroatoms. The Labute approximate surface area is 126 Å². The van der Waals surface area contributed by atoms with Gasteiger partial charge in [-0.2, -0.15) is 0 Å². The maximum Gasteiger partial charge on any atom is 0.134 e. The molecule has 2 nitrogen and oxygen atoms in total. The van der Waals surface area contributed by atoms with Gasteiger partial charge in [-0.25, -0.2) is 9.97 Å². The predicted octanol–water partition coefficient (Wildman–Crippen LogP) is 5.13. The maximum atomic E-state index is 4.83. The van der Waals surface area contributed by atoms with Gasteiger partial charge < -0.3 is 0 Å². The van der Waals surface area contributed by atoms with Crippen LogP contribution >= 0.6 is 15.9 Å². The summed E-state index contributed by atoms with van der Waals surface area (Å²) in [6.45, 7) is 19.6. The van der Waals surface area contributed by atoms with E-state index in [-0.39, 0.29) is 16.2 Å². The van der Waals surface area contributed by atoms with Gasteiger partial charge in [0.2, 0.25) is 0 Å². The molecule has 0 aromatic carbocycles. The molecule has 0 aliphatic heterocycles. The highest BCUT2D eigenvalue weighted by atomic mass is 79.9. The summed E-state index contributed by atoms with van der Waals surface area (Å²) in [5.74, 6) is 0.922. The van der Waals surface area contributed by atoms with Gasteiger partial charge in [0.05, 0.1) is 15.9 Å². The molecule has 1 rings (SSSR count). The number of rotatable bonds is 0. The lowest BCUT2D eigenvalue weighted by atomic mass is 9.85. The van der Waals surface area contributed by atoms with Gasteiger partial charge in [0.15, 0.2) is 0 Å². The first-order valence-electron chi connectivity index (χ1n) is 6.83. The molecule has 0 saturated heterocycles. The Morgan fingerprint density at radius 1 is 0.632 bits per heavy atom. The zero-order chi connectivity index (χ0) is 15.2. The Morgan fingerprint density at radius 3 is 1.16 bits per heavy atom. The second-order valence-electron chi connectivity index (χ2n) is 8.31. The van der Waals surface area contributed by atoms with E-state index in [0.717, 1.165) is 21.7 Å². The minimum Gasteiger partial charge on any atom is -0.236 e. The third-order valence-electron chi connectivity index (χ3n) is 2.94. The lowest BCUT2D eigenvalue weighted by molar-refractivity contribution is 0.483. The number of aromatic nitrogens is 2. The zero-order valence-electron chi connectivity index (χ0n) is 13.8. The molecule has 0 aliphatic carbocycles. The van der Waals surface area contributed by atoms with Gasteiger partial charge in [0, 0.05) is 16.2 Å². The molecular weight excluding hydrogens is 300 g/mol. The van der Waals surface area contributed by atoms with Crippen LogP contribution in [0.25, 0.3) is 0 Å². The van der Waals surface area contributed by atoms with E-state index in [9.17, 15) is 0 Å². The molecule has 0 radical (unpaired) electrons. The zero-order valence-corrected chi connectivity index (χ0v) is 15.4. The largest absolute Gasteiger partial charge is 0.236 e. The Morgan fingerprint density at radius 2 is 0.947 bits per heavy atom. The van der Waals surface area contributed by atoms with E-state index in [1.165, 1.54) is 0 Å². The van der Waals surface area contributed by atoms with E-state index < -0.39 is 0 Å². The quantitative estimate of drug-likeness (QED) is 0.660. The van der Waals surface area contributed by atoms with Crippen LogP contribution in [0, 0.1) is 0 Å². The third kappa shape index (κ3) is 3.77. The molecule has 1 aromatic rings. The number of nitrogens with zero attached hydrogens (tertiary/aromatic N) is 2. The van der Waals surface area contributed by atoms with Crippen molar-refractivity contribution in [2.75, 3.05) is 0 Å². The van der Waals surface area contributed by atoms with Crippen molar-refractivity contribution in [3.05, 3.63) is 21.7 Å². The van der Waals surface area contributed by atoms with Crippen LogP contribution in [0.2, 0.25) is 0 Å². The minimum atomic E-state index is -0.0410. The molecule has 0 N–H and O–H groups in total. The van der Waals surface area contributed by atoms with E-state index in [1.54, 1.807) is 0 Å². The summed E-state index contributed by atoms with van der Waals surface area (Å²) in [4.78, 5) is 9.66. The van der Waals surface area contributed by atoms with Crippen molar-refractivity contribution >= 4 is 15.9 Å². The maximum absolute atomic E-state index is 4.83. The van der Waals surface area contributed by atoms with E-state index in [4.69, 9.17) is 9.97 Å². The van der Waals surface area contributed by atoms with E-state index in [0.29, 0.717) is 0 Å². The average molecular weight is 327 g/mol. The third-order valence-corrected chi connectivity index (χ3v) is 3.69. The van der Waals surface area contributed by atoms with E-state index in [2.05, 4.69) is 78.2 Å². The molecule has 0 saturated carbocycles. The highest BCUT2D eigenvalue weighted by Gasteiger charge is 2.30. The number of hydrogen-bond donors (Lipinski definition) is 0. The monoisotopic (exact) mass is 326 g/mol. The van der Waals surface area contributed by atoms with Gasteiger partial charge in [0.25, 0.3) is 0 Å². The molecule has 108 valence electrons. The molecule has 19 heavy (non-hydrogen) atoms. The Bertz CT molecular complexity index is 436. The van der Waals surface area contributed by atoms with Crippen LogP contribution in [0.1, 0.15) is 79.5 Å². The number of hydrogen-bond acceptors (Lipinski definition) is 2. The van der Waals surface area contributed by atoms with Crippen LogP contribution in [-0.2, 0) is 16.2 Å². The van der Waals surface area contributed by atoms with Gasteiger partial charge >= 0.3 is 0 Å². The second kappa shape index (κ2) is 4.83. The summed E-state index contributed by atoms with van der Waals surface area (Å²) < 4.78 is 1.06. The van der Waals surface area contributed by atoms with Crippen LogP contribution in [-0.4, -0.2) is 9.97 Å². The molecule has 0 fully saturated rings. The molecule has 1 aromatic heterocycles. The van der Waals surface area contributed by atoms with Gasteiger partial charge in [-0.3, -0.25) is 0 Å². The van der Waals surface area contributed by atoms with Crippen molar-refractivity contribution in [3.8, 4) is 0 Å². The highest BCUT2D eigenvalue weighted by Crippen LogP contribution is 2.36. The van der Waals surface area contributed by atoms with Crippen LogP contribution in [0.3, 0.4) is 0 Å². The van der Waals surface area contributed by atoms with Crippen molar-refractivity contribution in [1.82, 2.24) is 9.97 Å². The summed E-state index contributed by atoms with van der Waals surface area (Å²) in [5.41, 5.74) is 2.15. The van der Waals surface area contributed by atoms with Crippen molar-refractivity contribution in [2.45, 2.75) is 78.6 Å². The van der Waals surface area contributed by atoms with Crippen LogP contribution in [0.5, 0.6) is 0 Å². The summed E-state index contributed by atoms with van der Waals surface area (Å²) in [6, 6.07) is 0. The van der Waals surface area contributed by atoms with Gasteiger partial charge in [0.1, 0.15) is 5.82 Å². The smallest absolute Gasteiger partial charge is 0.134 e. The topological polar surface area (TPSA) is 25.8 Å². The SMILES string of the molecule is CC(C)(C)c1nc(C(C)(C)C)c(Br)c(C(C)(C)C)n1. The summed E-state index contributed by atoms with van der Waals surface area (Å²) in [5, 5.41) is 0. The van der Waals surface area contributed by atoms with Crippen LogP contribution in [0.4, 0.5) is 0 Å². The molecule has 0 aliphatic rings. The van der Waals surface area contributed by atoms with E-state index in [1.807, 2.05) is 0 Å². The van der Waals surface area contributed by atoms with Crippen molar-refractivity contribution in [3.63, 3.8) is 0 Å². The van der Waals surface area contributed by atoms with Crippen molar-refractivity contribution < 1.29 is 0 Å². The fourth-order valence-electron chi connectivity index (χ4n) is 1.78. The molecule has 1 heterocycles. The Kier molecular flexibility index (Phi) is 4.23. The van der Waals surface area contributed by atoms with Gasteiger partial charge in [-0.05, 0) is 15.9 Å². The summed E-state index contributed by atoms with van der Waals surface area (Å²) in [7, 11) is 0. The lowest BCUT2D eigenvalue weighted by Crippen LogP contribution is -2.27. The normalized spacial score (nSPS) is 13.8. The minimum absolute atomic E-state index is 0.00176. The molecular formula is C16H27BrN2.